The van der Waals surface area contributed by atoms with Gasteiger partial charge in [0.25, 0.3) is 5.91 Å². The summed E-state index contributed by atoms with van der Waals surface area (Å²) in [7, 11) is 0. The first kappa shape index (κ1) is 20.7. The van der Waals surface area contributed by atoms with Crippen LogP contribution < -0.4 is 10.6 Å². The van der Waals surface area contributed by atoms with Gasteiger partial charge in [-0.05, 0) is 37.0 Å². The van der Waals surface area contributed by atoms with Crippen LogP contribution in [0.5, 0.6) is 0 Å². The van der Waals surface area contributed by atoms with Crippen LogP contribution in [0.3, 0.4) is 0 Å². The molecule has 1 heterocycles. The molecule has 3 rings (SSSR count). The van der Waals surface area contributed by atoms with Gasteiger partial charge in [0.15, 0.2) is 5.13 Å². The molecule has 0 aliphatic carbocycles. The number of rotatable bonds is 6. The number of nitrogens with zero attached hydrogens (tertiary/aromatic N) is 1. The minimum atomic E-state index is -0.661. The van der Waals surface area contributed by atoms with Crippen molar-refractivity contribution >= 4 is 28.3 Å². The number of nitrogens with one attached hydrogen (secondary N) is 2. The normalized spacial score (nSPS) is 11.9. The van der Waals surface area contributed by atoms with E-state index in [9.17, 15) is 9.59 Å². The van der Waals surface area contributed by atoms with E-state index >= 15 is 0 Å². The lowest BCUT2D eigenvalue weighted by molar-refractivity contribution is -0.118. The van der Waals surface area contributed by atoms with Crippen molar-refractivity contribution < 1.29 is 9.59 Å². The molecule has 2 N–H and O–H groups in total. The number of amides is 2. The Balaban J connectivity index is 1.75. The Labute approximate surface area is 175 Å². The summed E-state index contributed by atoms with van der Waals surface area (Å²) >= 11 is 1.43. The number of anilines is 1. The number of hydrogen-bond acceptors (Lipinski definition) is 4. The van der Waals surface area contributed by atoms with Crippen molar-refractivity contribution in [1.29, 1.82) is 0 Å². The van der Waals surface area contributed by atoms with Crippen LogP contribution in [0.25, 0.3) is 10.4 Å². The highest BCUT2D eigenvalue weighted by Crippen LogP contribution is 2.32. The van der Waals surface area contributed by atoms with Crippen molar-refractivity contribution in [2.75, 3.05) is 5.32 Å². The molecule has 0 radical (unpaired) electrons. The summed E-state index contributed by atoms with van der Waals surface area (Å²) in [5.41, 5.74) is 3.37. The minimum Gasteiger partial charge on any atom is -0.340 e. The molecule has 5 nitrogen and oxygen atoms in total. The first-order chi connectivity index (χ1) is 13.9. The van der Waals surface area contributed by atoms with Crippen molar-refractivity contribution in [2.45, 2.75) is 33.7 Å². The molecule has 1 atom stereocenters. The van der Waals surface area contributed by atoms with Crippen molar-refractivity contribution in [2.24, 2.45) is 5.92 Å². The van der Waals surface area contributed by atoms with E-state index in [-0.39, 0.29) is 17.7 Å². The van der Waals surface area contributed by atoms with Crippen LogP contribution in [-0.4, -0.2) is 22.8 Å². The first-order valence-electron chi connectivity index (χ1n) is 9.57. The number of aryl methyl sites for hydroxylation is 2. The van der Waals surface area contributed by atoms with Gasteiger partial charge in [-0.15, -0.1) is 0 Å². The molecule has 150 valence electrons. The second-order valence-corrected chi connectivity index (χ2v) is 8.30. The Kier molecular flexibility index (Phi) is 6.44. The smallest absolute Gasteiger partial charge is 0.252 e. The van der Waals surface area contributed by atoms with Gasteiger partial charge < -0.3 is 10.6 Å². The summed E-state index contributed by atoms with van der Waals surface area (Å²) in [6, 6.07) is 16.6. The molecule has 2 aromatic carbocycles. The predicted molar refractivity (Wildman–Crippen MR) is 118 cm³/mol. The Hall–Kier alpha value is -2.99. The third-order valence-corrected chi connectivity index (χ3v) is 5.81. The van der Waals surface area contributed by atoms with Gasteiger partial charge in [-0.25, -0.2) is 4.98 Å². The van der Waals surface area contributed by atoms with E-state index < -0.39 is 6.04 Å². The maximum atomic E-state index is 12.9. The molecule has 0 fully saturated rings. The van der Waals surface area contributed by atoms with Crippen LogP contribution in [0.2, 0.25) is 0 Å². The van der Waals surface area contributed by atoms with Gasteiger partial charge in [0, 0.05) is 5.56 Å². The van der Waals surface area contributed by atoms with Crippen LogP contribution in [0.1, 0.15) is 35.5 Å². The monoisotopic (exact) mass is 407 g/mol. The van der Waals surface area contributed by atoms with Crippen LogP contribution in [0.4, 0.5) is 5.13 Å². The topological polar surface area (TPSA) is 71.1 Å². The largest absolute Gasteiger partial charge is 0.340 e. The van der Waals surface area contributed by atoms with Crippen molar-refractivity contribution in [3.8, 4) is 10.4 Å². The summed E-state index contributed by atoms with van der Waals surface area (Å²) in [5.74, 6) is -0.592. The molecular formula is C23H25N3O2S. The average molecular weight is 408 g/mol. The molecule has 1 unspecified atom stereocenters. The Bertz CT molecular complexity index is 1010. The second kappa shape index (κ2) is 9.01. The van der Waals surface area contributed by atoms with Crippen molar-refractivity contribution in [1.82, 2.24) is 10.3 Å². The summed E-state index contributed by atoms with van der Waals surface area (Å²) in [6.45, 7) is 7.62. The number of carbonyl (C=O) groups is 2. The molecular weight excluding hydrogens is 382 g/mol. The average Bonchev–Trinajstić information content (AvgIpc) is 3.06. The fourth-order valence-corrected chi connectivity index (χ4v) is 4.05. The molecule has 2 amide bonds. The third-order valence-electron chi connectivity index (χ3n) is 4.69. The van der Waals surface area contributed by atoms with E-state index in [2.05, 4.69) is 15.6 Å². The quantitative estimate of drug-likeness (QED) is 0.615. The van der Waals surface area contributed by atoms with Crippen LogP contribution >= 0.6 is 11.3 Å². The van der Waals surface area contributed by atoms with E-state index in [4.69, 9.17) is 0 Å². The molecule has 0 spiro atoms. The van der Waals surface area contributed by atoms with Gasteiger partial charge in [0.05, 0.1) is 10.6 Å². The first-order valence-corrected chi connectivity index (χ1v) is 10.4. The third kappa shape index (κ3) is 4.90. The Morgan fingerprint density at radius 3 is 2.28 bits per heavy atom. The fourth-order valence-electron chi connectivity index (χ4n) is 3.07. The zero-order valence-corrected chi connectivity index (χ0v) is 17.8. The van der Waals surface area contributed by atoms with E-state index in [0.29, 0.717) is 10.7 Å². The lowest BCUT2D eigenvalue weighted by Crippen LogP contribution is -2.47. The molecule has 0 saturated heterocycles. The molecule has 0 aliphatic rings. The van der Waals surface area contributed by atoms with Crippen LogP contribution in [-0.2, 0) is 4.79 Å². The highest BCUT2D eigenvalue weighted by molar-refractivity contribution is 7.19. The van der Waals surface area contributed by atoms with Crippen LogP contribution in [0.15, 0.2) is 54.6 Å². The number of hydrogen-bond donors (Lipinski definition) is 2. The van der Waals surface area contributed by atoms with Gasteiger partial charge >= 0.3 is 0 Å². The summed E-state index contributed by atoms with van der Waals surface area (Å²) in [5, 5.41) is 6.28. The van der Waals surface area contributed by atoms with Gasteiger partial charge in [-0.3, -0.25) is 9.59 Å². The molecule has 0 bridgehead atoms. The Morgan fingerprint density at radius 1 is 0.966 bits per heavy atom. The van der Waals surface area contributed by atoms with Gasteiger partial charge in [-0.1, -0.05) is 73.7 Å². The number of thiazole rings is 1. The van der Waals surface area contributed by atoms with Gasteiger partial charge in [0.1, 0.15) is 6.04 Å². The van der Waals surface area contributed by atoms with E-state index in [1.807, 2.05) is 76.2 Å². The lowest BCUT2D eigenvalue weighted by atomic mass is 10.0. The van der Waals surface area contributed by atoms with E-state index in [1.165, 1.54) is 11.3 Å². The maximum Gasteiger partial charge on any atom is 0.252 e. The molecule has 29 heavy (non-hydrogen) atoms. The summed E-state index contributed by atoms with van der Waals surface area (Å²) < 4.78 is 0. The minimum absolute atomic E-state index is 0.0716. The standard InChI is InChI=1S/C23H25N3O2S/c1-14(2)19(25-21(27)18-13-9-8-10-15(18)3)22(28)26-23-24-16(4)20(29-23)17-11-6-5-7-12-17/h5-14,19H,1-4H3,(H,25,27)(H,24,26,28). The summed E-state index contributed by atoms with van der Waals surface area (Å²) in [6.07, 6.45) is 0. The van der Waals surface area contributed by atoms with E-state index in [1.54, 1.807) is 6.07 Å². The zero-order valence-electron chi connectivity index (χ0n) is 17.0. The number of benzene rings is 2. The predicted octanol–water partition coefficient (Wildman–Crippen LogP) is 4.82. The molecule has 3 aromatic rings. The zero-order chi connectivity index (χ0) is 21.0. The van der Waals surface area contributed by atoms with Crippen molar-refractivity contribution in [3.63, 3.8) is 0 Å². The highest BCUT2D eigenvalue weighted by Gasteiger charge is 2.26. The van der Waals surface area contributed by atoms with Crippen molar-refractivity contribution in [3.05, 3.63) is 71.4 Å². The SMILES string of the molecule is Cc1ccccc1C(=O)NC(C(=O)Nc1nc(C)c(-c2ccccc2)s1)C(C)C. The number of carbonyl (C=O) groups excluding carboxylic acids is 2. The molecule has 0 aliphatic heterocycles. The molecule has 0 saturated carbocycles. The number of aromatic nitrogens is 1. The molecule has 6 heteroatoms. The maximum absolute atomic E-state index is 12.9. The summed E-state index contributed by atoms with van der Waals surface area (Å²) in [4.78, 5) is 31.1. The van der Waals surface area contributed by atoms with Gasteiger partial charge in [0.2, 0.25) is 5.91 Å². The lowest BCUT2D eigenvalue weighted by Gasteiger charge is -2.21. The Morgan fingerprint density at radius 2 is 1.62 bits per heavy atom. The molecule has 1 aromatic heterocycles. The second-order valence-electron chi connectivity index (χ2n) is 7.30. The van der Waals surface area contributed by atoms with Crippen LogP contribution in [0, 0.1) is 19.8 Å². The van der Waals surface area contributed by atoms with Gasteiger partial charge in [-0.2, -0.15) is 0 Å². The van der Waals surface area contributed by atoms with E-state index in [0.717, 1.165) is 21.7 Å². The highest BCUT2D eigenvalue weighted by atomic mass is 32.1. The fraction of sp³-hybridized carbons (Fsp3) is 0.261.